The quantitative estimate of drug-likeness (QED) is 0.336. The van der Waals surface area contributed by atoms with E-state index < -0.39 is 0 Å². The summed E-state index contributed by atoms with van der Waals surface area (Å²) in [5.74, 6) is 1.08. The van der Waals surface area contributed by atoms with Gasteiger partial charge in [-0.3, -0.25) is 4.99 Å². The molecular weight excluding hydrogens is 126 g/mol. The average Bonchev–Trinajstić information content (AvgIpc) is 1.99. The van der Waals surface area contributed by atoms with Gasteiger partial charge in [0.1, 0.15) is 0 Å². The molecule has 0 rings (SSSR count). The van der Waals surface area contributed by atoms with E-state index >= 15 is 0 Å². The maximum absolute atomic E-state index is 4.06. The summed E-state index contributed by atoms with van der Waals surface area (Å²) < 4.78 is 0. The van der Waals surface area contributed by atoms with Gasteiger partial charge in [0, 0.05) is 20.5 Å². The van der Waals surface area contributed by atoms with Crippen LogP contribution in [0.2, 0.25) is 0 Å². The summed E-state index contributed by atoms with van der Waals surface area (Å²) >= 11 is 0. The minimum absolute atomic E-state index is 1.04. The van der Waals surface area contributed by atoms with E-state index in [2.05, 4.69) is 15.6 Å². The second-order valence-corrected chi connectivity index (χ2v) is 2.13. The Morgan fingerprint density at radius 1 is 1.40 bits per heavy atom. The van der Waals surface area contributed by atoms with Gasteiger partial charge >= 0.3 is 0 Å². The van der Waals surface area contributed by atoms with E-state index in [4.69, 9.17) is 0 Å². The van der Waals surface area contributed by atoms with Crippen molar-refractivity contribution in [2.45, 2.75) is 12.8 Å². The van der Waals surface area contributed by atoms with Crippen LogP contribution in [0.1, 0.15) is 12.8 Å². The summed E-state index contributed by atoms with van der Waals surface area (Å²) in [4.78, 5) is 4.06. The van der Waals surface area contributed by atoms with E-state index in [1.54, 1.807) is 0 Å². The molecule has 60 valence electrons. The fraction of sp³-hybridized carbons (Fsp3) is 0.857. The molecule has 0 unspecified atom stereocenters. The van der Waals surface area contributed by atoms with E-state index in [0.717, 1.165) is 25.2 Å². The van der Waals surface area contributed by atoms with Gasteiger partial charge in [0.15, 0.2) is 0 Å². The molecule has 0 aliphatic rings. The lowest BCUT2D eigenvalue weighted by atomic mass is 10.3. The Morgan fingerprint density at radius 2 is 2.10 bits per heavy atom. The van der Waals surface area contributed by atoms with E-state index in [0.29, 0.717) is 0 Å². The highest BCUT2D eigenvalue weighted by atomic mass is 14.9. The number of hydrogen-bond acceptors (Lipinski definition) is 2. The van der Waals surface area contributed by atoms with Crippen molar-refractivity contribution in [1.82, 2.24) is 10.6 Å². The average molecular weight is 143 g/mol. The number of nitrogens with zero attached hydrogens (tertiary/aromatic N) is 1. The number of rotatable bonds is 4. The van der Waals surface area contributed by atoms with Crippen molar-refractivity contribution in [3.05, 3.63) is 0 Å². The minimum Gasteiger partial charge on any atom is -0.377 e. The van der Waals surface area contributed by atoms with Crippen LogP contribution in [0.4, 0.5) is 0 Å². The molecule has 0 aromatic carbocycles. The van der Waals surface area contributed by atoms with E-state index in [1.165, 1.54) is 0 Å². The molecule has 0 heterocycles. The lowest BCUT2D eigenvalue weighted by molar-refractivity contribution is 0.739. The zero-order valence-corrected chi connectivity index (χ0v) is 7.07. The second-order valence-electron chi connectivity index (χ2n) is 2.13. The van der Waals surface area contributed by atoms with Crippen LogP contribution in [-0.4, -0.2) is 33.5 Å². The summed E-state index contributed by atoms with van der Waals surface area (Å²) in [7, 11) is 5.68. The molecule has 0 saturated carbocycles. The lowest BCUT2D eigenvalue weighted by Gasteiger charge is -2.02. The third-order valence-corrected chi connectivity index (χ3v) is 1.40. The Bertz CT molecular complexity index is 99.0. The molecule has 0 aromatic rings. The number of nitrogens with one attached hydrogen (secondary N) is 2. The summed E-state index contributed by atoms with van der Waals surface area (Å²) in [6.07, 6.45) is 2.18. The van der Waals surface area contributed by atoms with Crippen molar-refractivity contribution >= 4 is 5.84 Å². The van der Waals surface area contributed by atoms with Crippen LogP contribution in [0, 0.1) is 0 Å². The summed E-state index contributed by atoms with van der Waals surface area (Å²) in [6, 6.07) is 0. The Morgan fingerprint density at radius 3 is 2.50 bits per heavy atom. The first-order valence-electron chi connectivity index (χ1n) is 3.63. The van der Waals surface area contributed by atoms with Crippen LogP contribution >= 0.6 is 0 Å². The Hall–Kier alpha value is -0.570. The smallest absolute Gasteiger partial charge is 0.0957 e. The van der Waals surface area contributed by atoms with Crippen LogP contribution < -0.4 is 10.6 Å². The fourth-order valence-electron chi connectivity index (χ4n) is 0.781. The van der Waals surface area contributed by atoms with Gasteiger partial charge in [-0.05, 0) is 20.0 Å². The predicted molar refractivity (Wildman–Crippen MR) is 45.6 cm³/mol. The summed E-state index contributed by atoms with van der Waals surface area (Å²) in [5, 5.41) is 6.12. The number of hydrogen-bond donors (Lipinski definition) is 2. The largest absolute Gasteiger partial charge is 0.377 e. The maximum Gasteiger partial charge on any atom is 0.0957 e. The zero-order valence-electron chi connectivity index (χ0n) is 7.07. The topological polar surface area (TPSA) is 36.4 Å². The van der Waals surface area contributed by atoms with Gasteiger partial charge in [0.25, 0.3) is 0 Å². The molecule has 0 fully saturated rings. The first kappa shape index (κ1) is 9.43. The number of aliphatic imine (C=N–C) groups is 1. The highest BCUT2D eigenvalue weighted by Gasteiger charge is 1.91. The Kier molecular flexibility index (Phi) is 6.18. The molecule has 0 saturated heterocycles. The van der Waals surface area contributed by atoms with Crippen molar-refractivity contribution in [2.24, 2.45) is 4.99 Å². The molecule has 0 aromatic heterocycles. The number of amidine groups is 1. The van der Waals surface area contributed by atoms with Crippen LogP contribution in [-0.2, 0) is 0 Å². The maximum atomic E-state index is 4.06. The van der Waals surface area contributed by atoms with Crippen molar-refractivity contribution < 1.29 is 0 Å². The van der Waals surface area contributed by atoms with Gasteiger partial charge in [0.2, 0.25) is 0 Å². The standard InChI is InChI=1S/C7H17N3/c1-8-6-4-5-7(9-2)10-3/h8H,4-6H2,1-3H3,(H,9,10). The molecule has 0 radical (unpaired) electrons. The fourth-order valence-corrected chi connectivity index (χ4v) is 0.781. The van der Waals surface area contributed by atoms with Gasteiger partial charge in [-0.2, -0.15) is 0 Å². The predicted octanol–water partition coefficient (Wildman–Crippen LogP) is 0.234. The van der Waals surface area contributed by atoms with E-state index in [1.807, 2.05) is 21.1 Å². The van der Waals surface area contributed by atoms with Crippen molar-refractivity contribution in [3.63, 3.8) is 0 Å². The van der Waals surface area contributed by atoms with Crippen LogP contribution in [0.25, 0.3) is 0 Å². The van der Waals surface area contributed by atoms with Crippen LogP contribution in [0.5, 0.6) is 0 Å². The normalized spacial score (nSPS) is 11.7. The van der Waals surface area contributed by atoms with Gasteiger partial charge < -0.3 is 10.6 Å². The lowest BCUT2D eigenvalue weighted by Crippen LogP contribution is -2.19. The molecule has 2 N–H and O–H groups in total. The Balaban J connectivity index is 3.27. The van der Waals surface area contributed by atoms with Crippen LogP contribution in [0.3, 0.4) is 0 Å². The van der Waals surface area contributed by atoms with Gasteiger partial charge in [0.05, 0.1) is 5.84 Å². The summed E-state index contributed by atoms with van der Waals surface area (Å²) in [5.41, 5.74) is 0. The second kappa shape index (κ2) is 6.55. The Labute approximate surface area is 62.9 Å². The molecule has 0 aliphatic heterocycles. The third kappa shape index (κ3) is 4.32. The molecular formula is C7H17N3. The molecule has 0 amide bonds. The molecule has 10 heavy (non-hydrogen) atoms. The monoisotopic (exact) mass is 143 g/mol. The first-order chi connectivity index (χ1) is 4.85. The van der Waals surface area contributed by atoms with Crippen molar-refractivity contribution in [3.8, 4) is 0 Å². The highest BCUT2D eigenvalue weighted by Crippen LogP contribution is 1.87. The summed E-state index contributed by atoms with van der Waals surface area (Å²) in [6.45, 7) is 1.06. The van der Waals surface area contributed by atoms with Crippen LogP contribution in [0.15, 0.2) is 4.99 Å². The van der Waals surface area contributed by atoms with Crippen molar-refractivity contribution in [2.75, 3.05) is 27.7 Å². The molecule has 3 heteroatoms. The molecule has 0 aliphatic carbocycles. The highest BCUT2D eigenvalue weighted by molar-refractivity contribution is 5.81. The van der Waals surface area contributed by atoms with E-state index in [-0.39, 0.29) is 0 Å². The molecule has 3 nitrogen and oxygen atoms in total. The van der Waals surface area contributed by atoms with Gasteiger partial charge in [-0.25, -0.2) is 0 Å². The van der Waals surface area contributed by atoms with Gasteiger partial charge in [-0.15, -0.1) is 0 Å². The minimum atomic E-state index is 1.04. The molecule has 0 spiro atoms. The van der Waals surface area contributed by atoms with Crippen molar-refractivity contribution in [1.29, 1.82) is 0 Å². The molecule has 0 bridgehead atoms. The molecule has 0 atom stereocenters. The SMILES string of the molecule is CN=C(CCCNC)NC. The van der Waals surface area contributed by atoms with E-state index in [9.17, 15) is 0 Å². The third-order valence-electron chi connectivity index (χ3n) is 1.40. The zero-order chi connectivity index (χ0) is 7.82. The first-order valence-corrected chi connectivity index (χ1v) is 3.63. The van der Waals surface area contributed by atoms with Gasteiger partial charge in [-0.1, -0.05) is 0 Å².